The van der Waals surface area contributed by atoms with Crippen LogP contribution in [0.4, 0.5) is 18.9 Å². The summed E-state index contributed by atoms with van der Waals surface area (Å²) in [7, 11) is -3.51. The van der Waals surface area contributed by atoms with E-state index >= 15 is 0 Å². The van der Waals surface area contributed by atoms with E-state index in [1.807, 2.05) is 0 Å². The zero-order valence-corrected chi connectivity index (χ0v) is 23.0. The maximum Gasteiger partial charge on any atom is 0.434 e. The number of alkyl halides is 3. The topological polar surface area (TPSA) is 107 Å². The van der Waals surface area contributed by atoms with Crippen molar-refractivity contribution in [3.05, 3.63) is 99.6 Å². The maximum atomic E-state index is 13.4. The van der Waals surface area contributed by atoms with Crippen LogP contribution in [0.1, 0.15) is 11.3 Å². The van der Waals surface area contributed by atoms with Crippen molar-refractivity contribution in [2.75, 3.05) is 11.3 Å². The highest BCUT2D eigenvalue weighted by Crippen LogP contribution is 2.38. The second-order valence-corrected chi connectivity index (χ2v) is 11.5. The second-order valence-electron chi connectivity index (χ2n) is 8.31. The largest absolute Gasteiger partial charge is 0.434 e. The molecular weight excluding hydrogens is 598 g/mol. The standard InChI is InChI=1S/C25H19Cl3F3N5O2S/c1-39(37,38)17-4-2-3-14(9-17)15-5-8-20(35-13-23(25(29,30)31)34-24(35)28)21(10-15)36(33)22(12-32)18-7-6-16(26)11-19(18)27/h2-13H,32-33H2,1H3/b22-12-. The Morgan fingerprint density at radius 3 is 2.31 bits per heavy atom. The number of nitrogens with two attached hydrogens (primary N) is 2. The molecule has 0 spiro atoms. The van der Waals surface area contributed by atoms with Gasteiger partial charge in [-0.15, -0.1) is 0 Å². The zero-order chi connectivity index (χ0) is 28.7. The normalized spacial score (nSPS) is 12.6. The van der Waals surface area contributed by atoms with Crippen LogP contribution >= 0.6 is 34.8 Å². The number of sulfone groups is 1. The molecule has 0 fully saturated rings. The van der Waals surface area contributed by atoms with E-state index in [0.29, 0.717) is 21.7 Å². The van der Waals surface area contributed by atoms with Gasteiger partial charge in [0.2, 0.25) is 5.28 Å². The number of rotatable bonds is 6. The summed E-state index contributed by atoms with van der Waals surface area (Å²) in [6.45, 7) is 0. The molecule has 4 rings (SSSR count). The summed E-state index contributed by atoms with van der Waals surface area (Å²) >= 11 is 18.5. The summed E-state index contributed by atoms with van der Waals surface area (Å²) in [4.78, 5) is 3.51. The van der Waals surface area contributed by atoms with E-state index in [2.05, 4.69) is 4.98 Å². The predicted octanol–water partition coefficient (Wildman–Crippen LogP) is 6.56. The van der Waals surface area contributed by atoms with Gasteiger partial charge in [0, 0.05) is 29.2 Å². The number of hydrogen-bond donors (Lipinski definition) is 2. The molecule has 0 unspecified atom stereocenters. The molecule has 7 nitrogen and oxygen atoms in total. The van der Waals surface area contributed by atoms with Crippen LogP contribution in [0.2, 0.25) is 15.3 Å². The smallest absolute Gasteiger partial charge is 0.403 e. The monoisotopic (exact) mass is 615 g/mol. The molecule has 1 heterocycles. The third-order valence-corrected chi connectivity index (χ3v) is 7.59. The van der Waals surface area contributed by atoms with Gasteiger partial charge in [0.15, 0.2) is 15.5 Å². The Labute approximate surface area is 236 Å². The minimum absolute atomic E-state index is 0.0817. The lowest BCUT2D eigenvalue weighted by atomic mass is 10.0. The number of imidazole rings is 1. The third kappa shape index (κ3) is 6.02. The highest BCUT2D eigenvalue weighted by atomic mass is 35.5. The molecule has 0 radical (unpaired) electrons. The molecule has 204 valence electrons. The van der Waals surface area contributed by atoms with Gasteiger partial charge in [-0.2, -0.15) is 13.2 Å². The summed E-state index contributed by atoms with van der Waals surface area (Å²) in [5.74, 6) is 6.51. The van der Waals surface area contributed by atoms with E-state index in [9.17, 15) is 21.6 Å². The van der Waals surface area contributed by atoms with E-state index < -0.39 is 27.0 Å². The van der Waals surface area contributed by atoms with Crippen molar-refractivity contribution < 1.29 is 21.6 Å². The van der Waals surface area contributed by atoms with Crippen molar-refractivity contribution in [3.63, 3.8) is 0 Å². The number of halogens is 6. The molecule has 0 bridgehead atoms. The molecule has 0 saturated carbocycles. The molecule has 0 aliphatic carbocycles. The van der Waals surface area contributed by atoms with Gasteiger partial charge in [0.25, 0.3) is 0 Å². The molecule has 14 heteroatoms. The number of aromatic nitrogens is 2. The van der Waals surface area contributed by atoms with Crippen LogP contribution in [0.25, 0.3) is 22.5 Å². The predicted molar refractivity (Wildman–Crippen MR) is 147 cm³/mol. The van der Waals surface area contributed by atoms with Crippen molar-refractivity contribution in [1.29, 1.82) is 0 Å². The highest BCUT2D eigenvalue weighted by molar-refractivity contribution is 7.90. The lowest BCUT2D eigenvalue weighted by molar-refractivity contribution is -0.140. The second kappa shape index (κ2) is 10.7. The van der Waals surface area contributed by atoms with Gasteiger partial charge in [0.05, 0.1) is 27.0 Å². The molecular formula is C25H19Cl3F3N5O2S. The van der Waals surface area contributed by atoms with Crippen LogP contribution in [-0.2, 0) is 16.0 Å². The van der Waals surface area contributed by atoms with Crippen molar-refractivity contribution in [2.45, 2.75) is 11.1 Å². The molecule has 0 atom stereocenters. The minimum Gasteiger partial charge on any atom is -0.403 e. The fourth-order valence-electron chi connectivity index (χ4n) is 3.80. The Hall–Kier alpha value is -3.22. The number of hydrogen-bond acceptors (Lipinski definition) is 6. The summed E-state index contributed by atoms with van der Waals surface area (Å²) in [6.07, 6.45) is -1.76. The summed E-state index contributed by atoms with van der Waals surface area (Å²) in [5, 5.41) is 1.24. The molecule has 4 N–H and O–H groups in total. The van der Waals surface area contributed by atoms with E-state index in [-0.39, 0.29) is 27.0 Å². The third-order valence-electron chi connectivity index (χ3n) is 5.67. The van der Waals surface area contributed by atoms with Gasteiger partial charge >= 0.3 is 6.18 Å². The Kier molecular flexibility index (Phi) is 7.93. The molecule has 39 heavy (non-hydrogen) atoms. The minimum atomic E-state index is -4.75. The fourth-order valence-corrected chi connectivity index (χ4v) is 5.20. The first kappa shape index (κ1) is 28.8. The van der Waals surface area contributed by atoms with Crippen molar-refractivity contribution in [1.82, 2.24) is 9.55 Å². The maximum absolute atomic E-state index is 13.4. The van der Waals surface area contributed by atoms with Crippen molar-refractivity contribution in [2.24, 2.45) is 11.6 Å². The Morgan fingerprint density at radius 2 is 1.72 bits per heavy atom. The van der Waals surface area contributed by atoms with E-state index in [4.69, 9.17) is 46.4 Å². The molecule has 4 aromatic rings. The van der Waals surface area contributed by atoms with Crippen LogP contribution in [0.3, 0.4) is 0 Å². The van der Waals surface area contributed by atoms with Gasteiger partial charge in [-0.25, -0.2) is 19.2 Å². The Bertz CT molecular complexity index is 1710. The fraction of sp³-hybridized carbons (Fsp3) is 0.0800. The number of benzene rings is 3. The first-order valence-electron chi connectivity index (χ1n) is 10.9. The quantitative estimate of drug-likeness (QED) is 0.188. The average molecular weight is 617 g/mol. The molecule has 0 saturated heterocycles. The van der Waals surface area contributed by atoms with Crippen LogP contribution < -0.4 is 16.6 Å². The molecule has 0 aliphatic heterocycles. The average Bonchev–Trinajstić information content (AvgIpc) is 3.27. The summed E-state index contributed by atoms with van der Waals surface area (Å²) in [5.41, 5.74) is 6.55. The SMILES string of the molecule is CS(=O)(=O)c1cccc(-c2ccc(-n3cc(C(F)(F)F)nc3Cl)c(N(N)/C(=C\N)c3ccc(Cl)cc3Cl)c2)c1. The van der Waals surface area contributed by atoms with Gasteiger partial charge in [-0.1, -0.05) is 41.4 Å². The van der Waals surface area contributed by atoms with E-state index in [1.165, 1.54) is 30.5 Å². The summed E-state index contributed by atoms with van der Waals surface area (Å²) in [6, 6.07) is 15.4. The Morgan fingerprint density at radius 1 is 1.03 bits per heavy atom. The molecule has 0 aliphatic rings. The van der Waals surface area contributed by atoms with Crippen molar-refractivity contribution in [3.8, 4) is 16.8 Å². The van der Waals surface area contributed by atoms with Gasteiger partial charge in [-0.3, -0.25) is 9.58 Å². The first-order valence-corrected chi connectivity index (χ1v) is 13.9. The zero-order valence-electron chi connectivity index (χ0n) is 19.9. The van der Waals surface area contributed by atoms with Crippen LogP contribution in [0.15, 0.2) is 78.0 Å². The highest BCUT2D eigenvalue weighted by Gasteiger charge is 2.35. The molecule has 0 amide bonds. The number of hydrazine groups is 1. The molecule has 1 aromatic heterocycles. The van der Waals surface area contributed by atoms with Crippen molar-refractivity contribution >= 4 is 56.0 Å². The number of nitrogens with zero attached hydrogens (tertiary/aromatic N) is 3. The summed E-state index contributed by atoms with van der Waals surface area (Å²) < 4.78 is 65.4. The van der Waals surface area contributed by atoms with E-state index in [0.717, 1.165) is 22.0 Å². The van der Waals surface area contributed by atoms with Crippen LogP contribution in [0.5, 0.6) is 0 Å². The van der Waals surface area contributed by atoms with Gasteiger partial charge < -0.3 is 5.73 Å². The van der Waals surface area contributed by atoms with Gasteiger partial charge in [0.1, 0.15) is 0 Å². The first-order chi connectivity index (χ1) is 18.2. The van der Waals surface area contributed by atoms with Crippen LogP contribution in [-0.4, -0.2) is 24.2 Å². The molecule has 3 aromatic carbocycles. The van der Waals surface area contributed by atoms with E-state index in [1.54, 1.807) is 36.4 Å². The Balaban J connectivity index is 1.95. The number of anilines is 1. The lowest BCUT2D eigenvalue weighted by Crippen LogP contribution is -2.31. The van der Waals surface area contributed by atoms with Gasteiger partial charge in [-0.05, 0) is 65.2 Å². The lowest BCUT2D eigenvalue weighted by Gasteiger charge is -2.26. The van der Waals surface area contributed by atoms with Crippen LogP contribution in [0, 0.1) is 0 Å².